The van der Waals surface area contributed by atoms with Gasteiger partial charge in [0, 0.05) is 6.04 Å². The number of nitrogens with two attached hydrogens (primary N) is 1. The second-order valence-corrected chi connectivity index (χ2v) is 3.57. The summed E-state index contributed by atoms with van der Waals surface area (Å²) < 4.78 is 12.5. The van der Waals surface area contributed by atoms with Crippen LogP contribution >= 0.6 is 0 Å². The Hall–Kier alpha value is -0.110. The Labute approximate surface area is 56.4 Å². The lowest BCUT2D eigenvalue weighted by Crippen LogP contribution is -2.41. The van der Waals surface area contributed by atoms with E-state index in [4.69, 9.17) is 5.73 Å². The summed E-state index contributed by atoms with van der Waals surface area (Å²) >= 11 is 0. The van der Waals surface area contributed by atoms with E-state index in [9.17, 15) is 4.39 Å². The molecule has 0 heterocycles. The summed E-state index contributed by atoms with van der Waals surface area (Å²) in [5.74, 6) is 0. The number of halogens is 1. The van der Waals surface area contributed by atoms with E-state index in [0.29, 0.717) is 0 Å². The predicted molar refractivity (Wildman–Crippen MR) is 38.0 cm³/mol. The predicted octanol–water partition coefficient (Wildman–Crippen LogP) is 1.72. The minimum Gasteiger partial charge on any atom is -0.325 e. The summed E-state index contributed by atoms with van der Waals surface area (Å²) in [6, 6.07) is -0.350. The second-order valence-electron chi connectivity index (χ2n) is 3.57. The van der Waals surface area contributed by atoms with E-state index >= 15 is 0 Å². The number of rotatable bonds is 1. The maximum absolute atomic E-state index is 12.5. The van der Waals surface area contributed by atoms with Gasteiger partial charge < -0.3 is 5.73 Å². The molecule has 0 aromatic heterocycles. The fraction of sp³-hybridized carbons (Fsp3) is 1.00. The van der Waals surface area contributed by atoms with Gasteiger partial charge in [0.25, 0.3) is 0 Å². The molecule has 2 heteroatoms. The van der Waals surface area contributed by atoms with Crippen LogP contribution in [0.15, 0.2) is 0 Å². The van der Waals surface area contributed by atoms with Gasteiger partial charge in [-0.15, -0.1) is 0 Å². The highest BCUT2D eigenvalue weighted by atomic mass is 19.1. The van der Waals surface area contributed by atoms with Crippen molar-refractivity contribution in [3.8, 4) is 0 Å². The van der Waals surface area contributed by atoms with Gasteiger partial charge in [-0.3, -0.25) is 0 Å². The maximum Gasteiger partial charge on any atom is 0.113 e. The highest BCUT2D eigenvalue weighted by Gasteiger charge is 2.25. The van der Waals surface area contributed by atoms with Gasteiger partial charge in [0.05, 0.1) is 0 Å². The van der Waals surface area contributed by atoms with Gasteiger partial charge in [0.2, 0.25) is 0 Å². The Balaban J connectivity index is 3.88. The van der Waals surface area contributed by atoms with E-state index in [1.165, 1.54) is 6.92 Å². The van der Waals surface area contributed by atoms with Crippen LogP contribution in [-0.4, -0.2) is 12.2 Å². The third-order valence-corrected chi connectivity index (χ3v) is 1.49. The summed E-state index contributed by atoms with van der Waals surface area (Å²) in [6.45, 7) is 7.31. The normalized spacial score (nSPS) is 19.3. The molecule has 0 amide bonds. The third-order valence-electron chi connectivity index (χ3n) is 1.49. The molecule has 0 saturated carbocycles. The maximum atomic E-state index is 12.5. The topological polar surface area (TPSA) is 26.0 Å². The SMILES string of the molecule is CC(F)C(N)C(C)(C)C. The van der Waals surface area contributed by atoms with Gasteiger partial charge in [-0.1, -0.05) is 20.8 Å². The summed E-state index contributed by atoms with van der Waals surface area (Å²) in [7, 11) is 0. The van der Waals surface area contributed by atoms with Gasteiger partial charge >= 0.3 is 0 Å². The van der Waals surface area contributed by atoms with Crippen molar-refractivity contribution in [1.82, 2.24) is 0 Å². The lowest BCUT2D eigenvalue weighted by molar-refractivity contribution is 0.195. The lowest BCUT2D eigenvalue weighted by Gasteiger charge is -2.27. The van der Waals surface area contributed by atoms with Crippen LogP contribution in [0.3, 0.4) is 0 Å². The van der Waals surface area contributed by atoms with Crippen LogP contribution in [0.5, 0.6) is 0 Å². The van der Waals surface area contributed by atoms with Gasteiger partial charge in [0.1, 0.15) is 6.17 Å². The zero-order valence-electron chi connectivity index (χ0n) is 6.61. The summed E-state index contributed by atoms with van der Waals surface area (Å²) in [6.07, 6.45) is -0.912. The molecule has 2 N–H and O–H groups in total. The zero-order valence-corrected chi connectivity index (χ0v) is 6.61. The summed E-state index contributed by atoms with van der Waals surface area (Å²) in [5, 5.41) is 0. The molecule has 0 aliphatic heterocycles. The third kappa shape index (κ3) is 2.80. The minimum atomic E-state index is -0.912. The van der Waals surface area contributed by atoms with Gasteiger partial charge in [0.15, 0.2) is 0 Å². The first kappa shape index (κ1) is 8.89. The molecular weight excluding hydrogens is 117 g/mol. The van der Waals surface area contributed by atoms with Crippen LogP contribution in [-0.2, 0) is 0 Å². The Kier molecular flexibility index (Phi) is 2.62. The van der Waals surface area contributed by atoms with Crippen molar-refractivity contribution in [1.29, 1.82) is 0 Å². The van der Waals surface area contributed by atoms with Gasteiger partial charge in [-0.05, 0) is 12.3 Å². The van der Waals surface area contributed by atoms with Crippen molar-refractivity contribution in [3.63, 3.8) is 0 Å². The number of alkyl halides is 1. The van der Waals surface area contributed by atoms with Gasteiger partial charge in [-0.2, -0.15) is 0 Å². The average Bonchev–Trinajstić information content (AvgIpc) is 1.62. The monoisotopic (exact) mass is 133 g/mol. The van der Waals surface area contributed by atoms with Crippen molar-refractivity contribution in [3.05, 3.63) is 0 Å². The number of hydrogen-bond donors (Lipinski definition) is 1. The molecule has 0 aliphatic carbocycles. The number of hydrogen-bond acceptors (Lipinski definition) is 1. The molecule has 9 heavy (non-hydrogen) atoms. The molecule has 0 spiro atoms. The van der Waals surface area contributed by atoms with Crippen molar-refractivity contribution < 1.29 is 4.39 Å². The van der Waals surface area contributed by atoms with Crippen molar-refractivity contribution in [2.75, 3.05) is 0 Å². The first-order valence-electron chi connectivity index (χ1n) is 3.25. The minimum absolute atomic E-state index is 0.117. The molecule has 1 nitrogen and oxygen atoms in total. The van der Waals surface area contributed by atoms with Crippen LogP contribution in [0.2, 0.25) is 0 Å². The second kappa shape index (κ2) is 2.65. The fourth-order valence-corrected chi connectivity index (χ4v) is 0.689. The van der Waals surface area contributed by atoms with Crippen LogP contribution in [0.4, 0.5) is 4.39 Å². The van der Waals surface area contributed by atoms with Crippen molar-refractivity contribution in [2.24, 2.45) is 11.1 Å². The average molecular weight is 133 g/mol. The van der Waals surface area contributed by atoms with Crippen molar-refractivity contribution >= 4 is 0 Å². The largest absolute Gasteiger partial charge is 0.325 e. The van der Waals surface area contributed by atoms with E-state index in [-0.39, 0.29) is 11.5 Å². The molecule has 0 aromatic rings. The van der Waals surface area contributed by atoms with E-state index in [0.717, 1.165) is 0 Å². The fourth-order valence-electron chi connectivity index (χ4n) is 0.689. The Morgan fingerprint density at radius 3 is 1.67 bits per heavy atom. The molecule has 2 atom stereocenters. The van der Waals surface area contributed by atoms with E-state index in [2.05, 4.69) is 0 Å². The molecule has 2 unspecified atom stereocenters. The molecule has 0 rings (SSSR count). The molecule has 0 fully saturated rings. The summed E-state index contributed by atoms with van der Waals surface area (Å²) in [5.41, 5.74) is 5.40. The first-order valence-corrected chi connectivity index (χ1v) is 3.25. The van der Waals surface area contributed by atoms with Crippen LogP contribution in [0.25, 0.3) is 0 Å². The molecule has 0 saturated heterocycles. The summed E-state index contributed by atoms with van der Waals surface area (Å²) in [4.78, 5) is 0. The molecule has 0 bridgehead atoms. The van der Waals surface area contributed by atoms with Crippen LogP contribution < -0.4 is 5.73 Å². The van der Waals surface area contributed by atoms with Crippen LogP contribution in [0, 0.1) is 5.41 Å². The van der Waals surface area contributed by atoms with E-state index in [1.807, 2.05) is 20.8 Å². The van der Waals surface area contributed by atoms with Gasteiger partial charge in [-0.25, -0.2) is 4.39 Å². The van der Waals surface area contributed by atoms with Crippen LogP contribution in [0.1, 0.15) is 27.7 Å². The Bertz CT molecular complexity index is 83.4. The standard InChI is InChI=1S/C7H16FN/c1-5(8)6(9)7(2,3)4/h5-6H,9H2,1-4H3. The Morgan fingerprint density at radius 1 is 1.33 bits per heavy atom. The zero-order chi connectivity index (χ0) is 7.65. The van der Waals surface area contributed by atoms with E-state index < -0.39 is 6.17 Å². The molecule has 0 aromatic carbocycles. The quantitative estimate of drug-likeness (QED) is 0.579. The highest BCUT2D eigenvalue weighted by molar-refractivity contribution is 4.80. The molecule has 0 aliphatic rings. The van der Waals surface area contributed by atoms with Crippen molar-refractivity contribution in [2.45, 2.75) is 39.9 Å². The smallest absolute Gasteiger partial charge is 0.113 e. The molecule has 0 radical (unpaired) electrons. The first-order chi connectivity index (χ1) is 3.85. The highest BCUT2D eigenvalue weighted by Crippen LogP contribution is 2.20. The Morgan fingerprint density at radius 2 is 1.67 bits per heavy atom. The molecular formula is C7H16FN. The lowest BCUT2D eigenvalue weighted by atomic mass is 9.85. The molecule has 56 valence electrons. The van der Waals surface area contributed by atoms with E-state index in [1.54, 1.807) is 0 Å².